The maximum absolute atomic E-state index is 6.08. The van der Waals surface area contributed by atoms with E-state index in [1.807, 2.05) is 0 Å². The quantitative estimate of drug-likeness (QED) is 0.815. The lowest BCUT2D eigenvalue weighted by molar-refractivity contribution is 0.510. The minimum Gasteiger partial charge on any atom is -0.369 e. The minimum atomic E-state index is 0.540. The number of nitrogens with zero attached hydrogens (tertiary/aromatic N) is 2. The molecule has 17 heavy (non-hydrogen) atoms. The van der Waals surface area contributed by atoms with Crippen LogP contribution in [-0.4, -0.2) is 9.55 Å². The van der Waals surface area contributed by atoms with Gasteiger partial charge in [-0.2, -0.15) is 0 Å². The van der Waals surface area contributed by atoms with E-state index in [9.17, 15) is 0 Å². The molecule has 3 rings (SSSR count). The predicted octanol–water partition coefficient (Wildman–Crippen LogP) is 3.29. The summed E-state index contributed by atoms with van der Waals surface area (Å²) < 4.78 is 2.23. The first-order chi connectivity index (χ1) is 8.15. The molecule has 0 bridgehead atoms. The van der Waals surface area contributed by atoms with Crippen LogP contribution in [0.1, 0.15) is 37.8 Å². The Labute approximate surface area is 102 Å². The van der Waals surface area contributed by atoms with Crippen molar-refractivity contribution < 1.29 is 0 Å². The fourth-order valence-electron chi connectivity index (χ4n) is 3.02. The minimum absolute atomic E-state index is 0.540. The fourth-order valence-corrected chi connectivity index (χ4v) is 3.02. The third-order valence-corrected chi connectivity index (χ3v) is 3.90. The number of hydrogen-bond acceptors (Lipinski definition) is 2. The first-order valence-corrected chi connectivity index (χ1v) is 6.39. The number of aryl methyl sites for hydroxylation is 1. The molecule has 1 heterocycles. The zero-order chi connectivity index (χ0) is 12.0. The van der Waals surface area contributed by atoms with E-state index in [4.69, 9.17) is 5.73 Å². The number of rotatable bonds is 1. The van der Waals surface area contributed by atoms with Crippen molar-refractivity contribution >= 4 is 17.0 Å². The Morgan fingerprint density at radius 1 is 1.35 bits per heavy atom. The van der Waals surface area contributed by atoms with Crippen molar-refractivity contribution in [3.8, 4) is 0 Å². The van der Waals surface area contributed by atoms with Crippen molar-refractivity contribution in [2.75, 3.05) is 5.73 Å². The summed E-state index contributed by atoms with van der Waals surface area (Å²) in [6, 6.07) is 6.94. The predicted molar refractivity (Wildman–Crippen MR) is 70.9 cm³/mol. The molecular formula is C14H19N3. The molecule has 0 radical (unpaired) electrons. The molecule has 0 spiro atoms. The van der Waals surface area contributed by atoms with Gasteiger partial charge >= 0.3 is 0 Å². The van der Waals surface area contributed by atoms with Crippen LogP contribution in [0.3, 0.4) is 0 Å². The van der Waals surface area contributed by atoms with Crippen LogP contribution in [0.5, 0.6) is 0 Å². The summed E-state index contributed by atoms with van der Waals surface area (Å²) in [4.78, 5) is 4.48. The fraction of sp³-hybridized carbons (Fsp3) is 0.500. The van der Waals surface area contributed by atoms with E-state index in [2.05, 4.69) is 41.6 Å². The van der Waals surface area contributed by atoms with Gasteiger partial charge in [0.25, 0.3) is 0 Å². The van der Waals surface area contributed by atoms with Crippen LogP contribution in [0.15, 0.2) is 18.2 Å². The molecule has 0 aliphatic heterocycles. The summed E-state index contributed by atoms with van der Waals surface area (Å²) in [5, 5.41) is 0. The Morgan fingerprint density at radius 3 is 2.88 bits per heavy atom. The number of nitrogens with two attached hydrogens (primary N) is 1. The van der Waals surface area contributed by atoms with Crippen molar-refractivity contribution in [2.45, 2.75) is 39.2 Å². The van der Waals surface area contributed by atoms with E-state index < -0.39 is 0 Å². The Kier molecular flexibility index (Phi) is 2.35. The third-order valence-electron chi connectivity index (χ3n) is 3.90. The molecule has 1 aliphatic rings. The van der Waals surface area contributed by atoms with Gasteiger partial charge in [0.2, 0.25) is 5.95 Å². The summed E-state index contributed by atoms with van der Waals surface area (Å²) in [6.45, 7) is 4.41. The normalized spacial score (nSPS) is 24.6. The van der Waals surface area contributed by atoms with E-state index in [0.29, 0.717) is 12.0 Å². The molecular weight excluding hydrogens is 210 g/mol. The Balaban J connectivity index is 2.12. The van der Waals surface area contributed by atoms with Gasteiger partial charge in [-0.3, -0.25) is 0 Å². The Hall–Kier alpha value is -1.51. The Bertz CT molecular complexity index is 556. The first kappa shape index (κ1) is 10.6. The molecule has 3 heteroatoms. The number of aromatic nitrogens is 2. The van der Waals surface area contributed by atoms with Gasteiger partial charge in [-0.05, 0) is 49.8 Å². The second-order valence-corrected chi connectivity index (χ2v) is 5.40. The maximum Gasteiger partial charge on any atom is 0.201 e. The first-order valence-electron chi connectivity index (χ1n) is 6.39. The molecule has 1 aromatic carbocycles. The van der Waals surface area contributed by atoms with Crippen LogP contribution >= 0.6 is 0 Å². The van der Waals surface area contributed by atoms with Crippen molar-refractivity contribution in [3.05, 3.63) is 23.8 Å². The molecule has 2 unspecified atom stereocenters. The van der Waals surface area contributed by atoms with Crippen molar-refractivity contribution in [1.82, 2.24) is 9.55 Å². The second kappa shape index (κ2) is 3.76. The lowest BCUT2D eigenvalue weighted by atomic mass is 10.1. The number of fused-ring (bicyclic) bond motifs is 1. The van der Waals surface area contributed by atoms with Gasteiger partial charge in [0.15, 0.2) is 0 Å². The largest absolute Gasteiger partial charge is 0.369 e. The number of imidazole rings is 1. The molecule has 3 nitrogen and oxygen atoms in total. The highest BCUT2D eigenvalue weighted by molar-refractivity contribution is 5.79. The molecule has 2 N–H and O–H groups in total. The molecule has 2 atom stereocenters. The topological polar surface area (TPSA) is 43.8 Å². The molecule has 1 aliphatic carbocycles. The molecule has 2 aromatic rings. The Morgan fingerprint density at radius 2 is 2.18 bits per heavy atom. The van der Waals surface area contributed by atoms with Crippen molar-refractivity contribution in [1.29, 1.82) is 0 Å². The van der Waals surface area contributed by atoms with Crippen molar-refractivity contribution in [2.24, 2.45) is 5.92 Å². The van der Waals surface area contributed by atoms with Gasteiger partial charge in [0, 0.05) is 6.04 Å². The molecule has 90 valence electrons. The maximum atomic E-state index is 6.08. The zero-order valence-corrected chi connectivity index (χ0v) is 10.5. The summed E-state index contributed by atoms with van der Waals surface area (Å²) in [5.74, 6) is 1.48. The number of hydrogen-bond donors (Lipinski definition) is 1. The van der Waals surface area contributed by atoms with Crippen LogP contribution in [0.2, 0.25) is 0 Å². The smallest absolute Gasteiger partial charge is 0.201 e. The van der Waals surface area contributed by atoms with E-state index in [1.54, 1.807) is 0 Å². The highest BCUT2D eigenvalue weighted by Gasteiger charge is 2.25. The van der Waals surface area contributed by atoms with Gasteiger partial charge in [-0.25, -0.2) is 4.98 Å². The van der Waals surface area contributed by atoms with Crippen LogP contribution in [0.4, 0.5) is 5.95 Å². The average Bonchev–Trinajstić information content (AvgIpc) is 2.80. The highest BCUT2D eigenvalue weighted by atomic mass is 15.2. The summed E-state index contributed by atoms with van der Waals surface area (Å²) in [6.07, 6.45) is 3.75. The standard InChI is InChI=1S/C14H19N3/c1-9-3-5-11(7-9)17-13-6-4-10(2)8-12(13)16-14(17)15/h4,6,8-9,11H,3,5,7H2,1-2H3,(H2,15,16). The van der Waals surface area contributed by atoms with Crippen LogP contribution in [0.25, 0.3) is 11.0 Å². The lowest BCUT2D eigenvalue weighted by Gasteiger charge is -2.14. The number of anilines is 1. The third kappa shape index (κ3) is 1.70. The SMILES string of the molecule is Cc1ccc2c(c1)nc(N)n2C1CCC(C)C1. The van der Waals surface area contributed by atoms with Gasteiger partial charge in [0.1, 0.15) is 0 Å². The number of benzene rings is 1. The highest BCUT2D eigenvalue weighted by Crippen LogP contribution is 2.37. The summed E-state index contributed by atoms with van der Waals surface area (Å²) >= 11 is 0. The van der Waals surface area contributed by atoms with E-state index in [1.165, 1.54) is 30.3 Å². The molecule has 0 saturated heterocycles. The summed E-state index contributed by atoms with van der Waals surface area (Å²) in [5.41, 5.74) is 9.54. The molecule has 1 saturated carbocycles. The van der Waals surface area contributed by atoms with Crippen LogP contribution in [-0.2, 0) is 0 Å². The van der Waals surface area contributed by atoms with Gasteiger partial charge in [-0.15, -0.1) is 0 Å². The lowest BCUT2D eigenvalue weighted by Crippen LogP contribution is -2.08. The van der Waals surface area contributed by atoms with Gasteiger partial charge in [-0.1, -0.05) is 13.0 Å². The van der Waals surface area contributed by atoms with Crippen LogP contribution < -0.4 is 5.73 Å². The monoisotopic (exact) mass is 229 g/mol. The van der Waals surface area contributed by atoms with Gasteiger partial charge in [0.05, 0.1) is 11.0 Å². The van der Waals surface area contributed by atoms with Crippen LogP contribution in [0, 0.1) is 12.8 Å². The zero-order valence-electron chi connectivity index (χ0n) is 10.5. The van der Waals surface area contributed by atoms with Gasteiger partial charge < -0.3 is 10.3 Å². The summed E-state index contributed by atoms with van der Waals surface area (Å²) in [7, 11) is 0. The molecule has 0 amide bonds. The van der Waals surface area contributed by atoms with E-state index in [-0.39, 0.29) is 0 Å². The average molecular weight is 229 g/mol. The van der Waals surface area contributed by atoms with E-state index in [0.717, 1.165) is 11.4 Å². The second-order valence-electron chi connectivity index (χ2n) is 5.40. The number of nitrogen functional groups attached to an aromatic ring is 1. The molecule has 1 fully saturated rings. The van der Waals surface area contributed by atoms with E-state index >= 15 is 0 Å². The van der Waals surface area contributed by atoms with Crippen molar-refractivity contribution in [3.63, 3.8) is 0 Å². The molecule has 1 aromatic heterocycles.